The van der Waals surface area contributed by atoms with E-state index in [9.17, 15) is 0 Å². The van der Waals surface area contributed by atoms with E-state index in [0.29, 0.717) is 0 Å². The molecular formula is C17H18N4. The highest BCUT2D eigenvalue weighted by molar-refractivity contribution is 5.96. The van der Waals surface area contributed by atoms with Gasteiger partial charge in [-0.3, -0.25) is 4.98 Å². The average Bonchev–Trinajstić information content (AvgIpc) is 2.52. The minimum Gasteiger partial charge on any atom is -0.369 e. The Bertz CT molecular complexity index is 791. The van der Waals surface area contributed by atoms with Crippen molar-refractivity contribution in [2.24, 2.45) is 0 Å². The summed E-state index contributed by atoms with van der Waals surface area (Å²) in [6.45, 7) is 7.08. The van der Waals surface area contributed by atoms with Gasteiger partial charge in [-0.15, -0.1) is 10.2 Å². The van der Waals surface area contributed by atoms with Crippen LogP contribution in [0.2, 0.25) is 0 Å². The molecule has 2 aromatic heterocycles. The molecule has 0 bridgehead atoms. The Morgan fingerprint density at radius 3 is 2.71 bits per heavy atom. The van der Waals surface area contributed by atoms with Gasteiger partial charge in [0.1, 0.15) is 0 Å². The molecular weight excluding hydrogens is 260 g/mol. The number of benzene rings is 1. The Hall–Kier alpha value is -2.49. The van der Waals surface area contributed by atoms with Crippen molar-refractivity contribution in [3.05, 3.63) is 47.8 Å². The Labute approximate surface area is 124 Å². The highest BCUT2D eigenvalue weighted by Gasteiger charge is 2.13. The number of fused-ring (bicyclic) bond motifs is 1. The summed E-state index contributed by atoms with van der Waals surface area (Å²) in [6, 6.07) is 8.22. The molecule has 2 heterocycles. The molecule has 3 rings (SSSR count). The minimum atomic E-state index is 0.842. The average molecular weight is 278 g/mol. The van der Waals surface area contributed by atoms with Gasteiger partial charge < -0.3 is 5.32 Å². The molecule has 4 nitrogen and oxygen atoms in total. The molecule has 0 saturated heterocycles. The van der Waals surface area contributed by atoms with Crippen LogP contribution in [0.5, 0.6) is 0 Å². The third-order valence-electron chi connectivity index (χ3n) is 3.80. The van der Waals surface area contributed by atoms with Gasteiger partial charge in [-0.2, -0.15) is 0 Å². The van der Waals surface area contributed by atoms with Gasteiger partial charge in [-0.05, 0) is 43.4 Å². The van der Waals surface area contributed by atoms with Crippen LogP contribution in [-0.4, -0.2) is 21.7 Å². The van der Waals surface area contributed by atoms with E-state index >= 15 is 0 Å². The van der Waals surface area contributed by atoms with Gasteiger partial charge in [0, 0.05) is 29.9 Å². The van der Waals surface area contributed by atoms with Crippen molar-refractivity contribution in [3.8, 4) is 11.3 Å². The number of nitrogens with zero attached hydrogens (tertiary/aromatic N) is 3. The lowest BCUT2D eigenvalue weighted by Crippen LogP contribution is -2.06. The van der Waals surface area contributed by atoms with Crippen molar-refractivity contribution in [1.29, 1.82) is 0 Å². The van der Waals surface area contributed by atoms with Gasteiger partial charge >= 0.3 is 0 Å². The van der Waals surface area contributed by atoms with E-state index < -0.39 is 0 Å². The van der Waals surface area contributed by atoms with Crippen LogP contribution in [0.4, 0.5) is 5.82 Å². The molecule has 0 radical (unpaired) electrons. The fourth-order valence-corrected chi connectivity index (χ4v) is 2.53. The third-order valence-corrected chi connectivity index (χ3v) is 3.80. The maximum absolute atomic E-state index is 4.45. The van der Waals surface area contributed by atoms with E-state index in [1.807, 2.05) is 24.5 Å². The van der Waals surface area contributed by atoms with Gasteiger partial charge in [-0.25, -0.2) is 0 Å². The summed E-state index contributed by atoms with van der Waals surface area (Å²) < 4.78 is 0. The largest absolute Gasteiger partial charge is 0.369 e. The standard InChI is InChI=1S/C17H18N4/c1-4-19-17-12(3)11(2)16(20-21-17)15-7-5-6-13-10-18-9-8-14(13)15/h5-10H,4H2,1-3H3,(H,19,21). The second-order valence-electron chi connectivity index (χ2n) is 5.08. The normalized spacial score (nSPS) is 10.8. The van der Waals surface area contributed by atoms with E-state index in [1.165, 1.54) is 0 Å². The monoisotopic (exact) mass is 278 g/mol. The van der Waals surface area contributed by atoms with Crippen molar-refractivity contribution in [3.63, 3.8) is 0 Å². The van der Waals surface area contributed by atoms with Crippen LogP contribution in [0.1, 0.15) is 18.1 Å². The molecule has 106 valence electrons. The highest BCUT2D eigenvalue weighted by Crippen LogP contribution is 2.31. The summed E-state index contributed by atoms with van der Waals surface area (Å²) in [5.74, 6) is 0.862. The number of nitrogens with one attached hydrogen (secondary N) is 1. The predicted octanol–water partition coefficient (Wildman–Crippen LogP) is 3.74. The van der Waals surface area contributed by atoms with Crippen molar-refractivity contribution in [2.75, 3.05) is 11.9 Å². The van der Waals surface area contributed by atoms with Crippen LogP contribution in [-0.2, 0) is 0 Å². The van der Waals surface area contributed by atoms with Crippen molar-refractivity contribution >= 4 is 16.6 Å². The maximum Gasteiger partial charge on any atom is 0.151 e. The summed E-state index contributed by atoms with van der Waals surface area (Å²) in [5.41, 5.74) is 4.34. The fourth-order valence-electron chi connectivity index (χ4n) is 2.53. The SMILES string of the molecule is CCNc1nnc(-c2cccc3cnccc23)c(C)c1C. The smallest absolute Gasteiger partial charge is 0.151 e. The van der Waals surface area contributed by atoms with Crippen molar-refractivity contribution in [1.82, 2.24) is 15.2 Å². The van der Waals surface area contributed by atoms with Gasteiger partial charge in [0.2, 0.25) is 0 Å². The molecule has 0 spiro atoms. The molecule has 4 heteroatoms. The number of hydrogen-bond donors (Lipinski definition) is 1. The predicted molar refractivity (Wildman–Crippen MR) is 86.4 cm³/mol. The molecule has 0 fully saturated rings. The number of aromatic nitrogens is 3. The quantitative estimate of drug-likeness (QED) is 0.793. The van der Waals surface area contributed by atoms with E-state index in [0.717, 1.165) is 45.5 Å². The number of hydrogen-bond acceptors (Lipinski definition) is 4. The summed E-state index contributed by atoms with van der Waals surface area (Å²) >= 11 is 0. The van der Waals surface area contributed by atoms with Crippen LogP contribution in [0.3, 0.4) is 0 Å². The first-order valence-electron chi connectivity index (χ1n) is 7.13. The van der Waals surface area contributed by atoms with Crippen LogP contribution < -0.4 is 5.32 Å². The summed E-state index contributed by atoms with van der Waals surface area (Å²) in [5, 5.41) is 14.3. The lowest BCUT2D eigenvalue weighted by molar-refractivity contribution is 0.988. The fraction of sp³-hybridized carbons (Fsp3) is 0.235. The zero-order chi connectivity index (χ0) is 14.8. The van der Waals surface area contributed by atoms with Gasteiger partial charge in [0.05, 0.1) is 5.69 Å². The Balaban J connectivity index is 2.22. The van der Waals surface area contributed by atoms with E-state index in [4.69, 9.17) is 0 Å². The Kier molecular flexibility index (Phi) is 3.52. The first kappa shape index (κ1) is 13.5. The van der Waals surface area contributed by atoms with Gasteiger partial charge in [0.15, 0.2) is 5.82 Å². The molecule has 0 unspecified atom stereocenters. The van der Waals surface area contributed by atoms with Crippen LogP contribution >= 0.6 is 0 Å². The lowest BCUT2D eigenvalue weighted by Gasteiger charge is -2.13. The zero-order valence-corrected chi connectivity index (χ0v) is 12.5. The van der Waals surface area contributed by atoms with Crippen LogP contribution in [0.15, 0.2) is 36.7 Å². The second-order valence-corrected chi connectivity index (χ2v) is 5.08. The molecule has 0 aliphatic rings. The first-order valence-corrected chi connectivity index (χ1v) is 7.13. The third kappa shape index (κ3) is 2.33. The Morgan fingerprint density at radius 2 is 1.90 bits per heavy atom. The molecule has 0 aliphatic heterocycles. The van der Waals surface area contributed by atoms with Gasteiger partial charge in [-0.1, -0.05) is 18.2 Å². The number of rotatable bonds is 3. The molecule has 0 aliphatic carbocycles. The first-order chi connectivity index (χ1) is 10.2. The minimum absolute atomic E-state index is 0.842. The van der Waals surface area contributed by atoms with Crippen molar-refractivity contribution < 1.29 is 0 Å². The summed E-state index contributed by atoms with van der Waals surface area (Å²) in [6.07, 6.45) is 3.69. The number of pyridine rings is 1. The molecule has 21 heavy (non-hydrogen) atoms. The summed E-state index contributed by atoms with van der Waals surface area (Å²) in [4.78, 5) is 4.18. The van der Waals surface area contributed by atoms with Crippen LogP contribution in [0, 0.1) is 13.8 Å². The zero-order valence-electron chi connectivity index (χ0n) is 12.5. The molecule has 1 N–H and O–H groups in total. The van der Waals surface area contributed by atoms with E-state index in [2.05, 4.69) is 53.4 Å². The molecule has 0 atom stereocenters. The number of anilines is 1. The lowest BCUT2D eigenvalue weighted by atomic mass is 9.99. The second kappa shape index (κ2) is 5.48. The highest BCUT2D eigenvalue weighted by atomic mass is 15.2. The summed E-state index contributed by atoms with van der Waals surface area (Å²) in [7, 11) is 0. The molecule has 3 aromatic rings. The van der Waals surface area contributed by atoms with Crippen molar-refractivity contribution in [2.45, 2.75) is 20.8 Å². The molecule has 1 aromatic carbocycles. The van der Waals surface area contributed by atoms with E-state index in [-0.39, 0.29) is 0 Å². The molecule has 0 amide bonds. The van der Waals surface area contributed by atoms with Gasteiger partial charge in [0.25, 0.3) is 0 Å². The molecule has 0 saturated carbocycles. The Morgan fingerprint density at radius 1 is 1.05 bits per heavy atom. The maximum atomic E-state index is 4.45. The topological polar surface area (TPSA) is 50.7 Å². The van der Waals surface area contributed by atoms with Crippen LogP contribution in [0.25, 0.3) is 22.0 Å². The van der Waals surface area contributed by atoms with E-state index in [1.54, 1.807) is 0 Å².